The lowest BCUT2D eigenvalue weighted by Crippen LogP contribution is -2.36. The first-order valence-corrected chi connectivity index (χ1v) is 11.5. The van der Waals surface area contributed by atoms with Gasteiger partial charge in [0.25, 0.3) is 0 Å². The second-order valence-electron chi connectivity index (χ2n) is 8.71. The lowest BCUT2D eigenvalue weighted by atomic mass is 9.92. The van der Waals surface area contributed by atoms with Crippen LogP contribution in [-0.2, 0) is 12.8 Å². The molecular formula is C27H32N4O2. The number of likely N-dealkylation sites (N-methyl/N-ethyl adjacent to an activating group) is 1. The molecule has 3 aromatic rings. The number of anilines is 3. The summed E-state index contributed by atoms with van der Waals surface area (Å²) in [6.45, 7) is 3.77. The second kappa shape index (κ2) is 10.0. The molecule has 33 heavy (non-hydrogen) atoms. The summed E-state index contributed by atoms with van der Waals surface area (Å²) in [6.07, 6.45) is 6.34. The number of benzene rings is 2. The van der Waals surface area contributed by atoms with Crippen molar-refractivity contribution in [3.63, 3.8) is 0 Å². The molecule has 0 fully saturated rings. The van der Waals surface area contributed by atoms with E-state index in [0.29, 0.717) is 12.2 Å². The van der Waals surface area contributed by atoms with Gasteiger partial charge in [0.05, 0.1) is 23.5 Å². The third kappa shape index (κ3) is 5.01. The highest BCUT2D eigenvalue weighted by atomic mass is 16.4. The Balaban J connectivity index is 1.53. The summed E-state index contributed by atoms with van der Waals surface area (Å²) in [5.74, 6) is -0.951. The molecule has 1 aliphatic heterocycles. The molecule has 2 N–H and O–H groups in total. The molecule has 4 rings (SSSR count). The van der Waals surface area contributed by atoms with Crippen molar-refractivity contribution in [1.29, 1.82) is 0 Å². The average molecular weight is 445 g/mol. The number of carboxylic acid groups (broad SMARTS) is 1. The van der Waals surface area contributed by atoms with Gasteiger partial charge in [-0.2, -0.15) is 0 Å². The number of carboxylic acids is 1. The smallest absolute Gasteiger partial charge is 0.337 e. The molecule has 0 amide bonds. The van der Waals surface area contributed by atoms with E-state index in [2.05, 4.69) is 83.6 Å². The topological polar surface area (TPSA) is 68.7 Å². The number of carbonyl (C=O) groups is 1. The van der Waals surface area contributed by atoms with Crippen LogP contribution in [-0.4, -0.2) is 48.1 Å². The van der Waals surface area contributed by atoms with E-state index in [1.165, 1.54) is 40.3 Å². The summed E-state index contributed by atoms with van der Waals surface area (Å²) in [6, 6.07) is 17.2. The molecule has 2 heterocycles. The Hall–Kier alpha value is -3.38. The summed E-state index contributed by atoms with van der Waals surface area (Å²) in [5.41, 5.74) is 7.15. The average Bonchev–Trinajstić information content (AvgIpc) is 2.83. The van der Waals surface area contributed by atoms with Gasteiger partial charge in [-0.15, -0.1) is 0 Å². The van der Waals surface area contributed by atoms with Crippen molar-refractivity contribution < 1.29 is 9.90 Å². The number of aryl methyl sites for hydroxylation is 1. The first-order chi connectivity index (χ1) is 16.0. The van der Waals surface area contributed by atoms with Crippen LogP contribution in [0, 0.1) is 0 Å². The molecule has 0 spiro atoms. The van der Waals surface area contributed by atoms with Gasteiger partial charge in [0.2, 0.25) is 0 Å². The SMILES string of the molecule is CCCc1ccc(N(C)c2ccc3c(c2)CCN(C)C3CNc2cnccc2C(=O)O)cc1. The Bertz CT molecular complexity index is 1110. The summed E-state index contributed by atoms with van der Waals surface area (Å²) >= 11 is 0. The number of aromatic nitrogens is 1. The van der Waals surface area contributed by atoms with E-state index in [9.17, 15) is 9.90 Å². The molecule has 6 heteroatoms. The molecule has 0 aliphatic carbocycles. The zero-order valence-corrected chi connectivity index (χ0v) is 19.6. The molecule has 0 saturated carbocycles. The maximum atomic E-state index is 11.5. The highest BCUT2D eigenvalue weighted by molar-refractivity contribution is 5.93. The first kappa shape index (κ1) is 22.8. The Morgan fingerprint density at radius 1 is 1.18 bits per heavy atom. The molecule has 1 aliphatic rings. The van der Waals surface area contributed by atoms with Gasteiger partial charge in [0.1, 0.15) is 0 Å². The third-order valence-corrected chi connectivity index (χ3v) is 6.54. The number of aromatic carboxylic acids is 1. The fraction of sp³-hybridized carbons (Fsp3) is 0.333. The van der Waals surface area contributed by atoms with E-state index >= 15 is 0 Å². The molecule has 0 bridgehead atoms. The standard InChI is InChI=1S/C27H32N4O2/c1-4-5-19-6-8-21(9-7-19)31(3)22-10-11-23-20(16-22)13-15-30(2)26(23)18-29-25-17-28-14-12-24(25)27(32)33/h6-12,14,16-17,26,29H,4-5,13,15,18H2,1-3H3,(H,32,33). The van der Waals surface area contributed by atoms with Crippen LogP contribution in [0.1, 0.15) is 46.4 Å². The number of hydrogen-bond donors (Lipinski definition) is 2. The van der Waals surface area contributed by atoms with Crippen LogP contribution in [0.4, 0.5) is 17.1 Å². The molecule has 172 valence electrons. The van der Waals surface area contributed by atoms with E-state index in [4.69, 9.17) is 0 Å². The number of nitrogens with zero attached hydrogens (tertiary/aromatic N) is 3. The number of nitrogens with one attached hydrogen (secondary N) is 1. The van der Waals surface area contributed by atoms with Crippen LogP contribution in [0.2, 0.25) is 0 Å². The zero-order chi connectivity index (χ0) is 23.4. The van der Waals surface area contributed by atoms with Crippen LogP contribution in [0.25, 0.3) is 0 Å². The van der Waals surface area contributed by atoms with Crippen LogP contribution >= 0.6 is 0 Å². The van der Waals surface area contributed by atoms with Crippen LogP contribution in [0.3, 0.4) is 0 Å². The van der Waals surface area contributed by atoms with Gasteiger partial charge in [-0.25, -0.2) is 4.79 Å². The third-order valence-electron chi connectivity index (χ3n) is 6.54. The molecule has 0 saturated heterocycles. The number of rotatable bonds is 8. The zero-order valence-electron chi connectivity index (χ0n) is 19.6. The monoisotopic (exact) mass is 444 g/mol. The van der Waals surface area contributed by atoms with E-state index in [1.807, 2.05) is 0 Å². The largest absolute Gasteiger partial charge is 0.478 e. The Morgan fingerprint density at radius 3 is 2.67 bits per heavy atom. The van der Waals surface area contributed by atoms with Gasteiger partial charge in [0, 0.05) is 37.7 Å². The van der Waals surface area contributed by atoms with Crippen LogP contribution in [0.5, 0.6) is 0 Å². The summed E-state index contributed by atoms with van der Waals surface area (Å²) in [7, 11) is 4.23. The van der Waals surface area contributed by atoms with Crippen molar-refractivity contribution in [1.82, 2.24) is 9.88 Å². The quantitative estimate of drug-likeness (QED) is 0.501. The maximum Gasteiger partial charge on any atom is 0.337 e. The lowest BCUT2D eigenvalue weighted by Gasteiger charge is -2.35. The molecule has 1 unspecified atom stereocenters. The fourth-order valence-electron chi connectivity index (χ4n) is 4.55. The van der Waals surface area contributed by atoms with Crippen molar-refractivity contribution in [3.05, 3.63) is 83.2 Å². The molecule has 1 atom stereocenters. The van der Waals surface area contributed by atoms with Gasteiger partial charge in [-0.3, -0.25) is 9.88 Å². The normalized spacial score (nSPS) is 15.7. The molecule has 0 radical (unpaired) electrons. The lowest BCUT2D eigenvalue weighted by molar-refractivity contribution is 0.0697. The predicted octanol–water partition coefficient (Wildman–Crippen LogP) is 5.14. The summed E-state index contributed by atoms with van der Waals surface area (Å²) in [5, 5.41) is 12.8. The van der Waals surface area contributed by atoms with E-state index in [-0.39, 0.29) is 11.6 Å². The minimum absolute atomic E-state index is 0.156. The summed E-state index contributed by atoms with van der Waals surface area (Å²) < 4.78 is 0. The number of hydrogen-bond acceptors (Lipinski definition) is 5. The Morgan fingerprint density at radius 2 is 1.94 bits per heavy atom. The highest BCUT2D eigenvalue weighted by Gasteiger charge is 2.25. The minimum atomic E-state index is -0.951. The van der Waals surface area contributed by atoms with Crippen molar-refractivity contribution in [2.75, 3.05) is 37.4 Å². The number of pyridine rings is 1. The van der Waals surface area contributed by atoms with E-state index < -0.39 is 5.97 Å². The molecule has 6 nitrogen and oxygen atoms in total. The molecule has 1 aromatic heterocycles. The van der Waals surface area contributed by atoms with Crippen molar-refractivity contribution in [3.8, 4) is 0 Å². The highest BCUT2D eigenvalue weighted by Crippen LogP contribution is 2.33. The van der Waals surface area contributed by atoms with E-state index in [1.54, 1.807) is 6.20 Å². The maximum absolute atomic E-state index is 11.5. The van der Waals surface area contributed by atoms with Gasteiger partial charge >= 0.3 is 5.97 Å². The first-order valence-electron chi connectivity index (χ1n) is 11.5. The van der Waals surface area contributed by atoms with E-state index in [0.717, 1.165) is 25.8 Å². The molecular weight excluding hydrogens is 412 g/mol. The van der Waals surface area contributed by atoms with Gasteiger partial charge < -0.3 is 15.3 Å². The Kier molecular flexibility index (Phi) is 6.94. The van der Waals surface area contributed by atoms with Gasteiger partial charge in [-0.1, -0.05) is 31.5 Å². The fourth-order valence-corrected chi connectivity index (χ4v) is 4.55. The predicted molar refractivity (Wildman–Crippen MR) is 134 cm³/mol. The van der Waals surface area contributed by atoms with Gasteiger partial charge in [-0.05, 0) is 66.9 Å². The van der Waals surface area contributed by atoms with Gasteiger partial charge in [0.15, 0.2) is 0 Å². The van der Waals surface area contributed by atoms with Crippen molar-refractivity contribution in [2.45, 2.75) is 32.2 Å². The number of fused-ring (bicyclic) bond motifs is 1. The molecule has 2 aromatic carbocycles. The minimum Gasteiger partial charge on any atom is -0.478 e. The van der Waals surface area contributed by atoms with Crippen LogP contribution in [0.15, 0.2) is 60.9 Å². The van der Waals surface area contributed by atoms with Crippen molar-refractivity contribution >= 4 is 23.0 Å². The van der Waals surface area contributed by atoms with Crippen molar-refractivity contribution in [2.24, 2.45) is 0 Å². The second-order valence-corrected chi connectivity index (χ2v) is 8.71. The summed E-state index contributed by atoms with van der Waals surface area (Å²) in [4.78, 5) is 20.2. The van der Waals surface area contributed by atoms with Crippen LogP contribution < -0.4 is 10.2 Å². The Labute approximate surface area is 195 Å².